The number of hydrogen-bond donors (Lipinski definition) is 1. The molecule has 0 saturated heterocycles. The number of aromatic nitrogens is 4. The van der Waals surface area contributed by atoms with E-state index >= 15 is 0 Å². The summed E-state index contributed by atoms with van der Waals surface area (Å²) in [6.07, 6.45) is 1.99. The van der Waals surface area contributed by atoms with Crippen molar-refractivity contribution >= 4 is 17.1 Å². The molecule has 2 aromatic rings. The predicted molar refractivity (Wildman–Crippen MR) is 54.0 cm³/mol. The maximum atomic E-state index is 4.39. The number of imidazole rings is 1. The summed E-state index contributed by atoms with van der Waals surface area (Å²) in [5, 5.41) is 2.95. The van der Waals surface area contributed by atoms with Gasteiger partial charge in [-0.25, -0.2) is 4.57 Å². The van der Waals surface area contributed by atoms with Gasteiger partial charge in [-0.05, 0) is 6.92 Å². The van der Waals surface area contributed by atoms with E-state index in [-0.39, 0.29) is 24.0 Å². The van der Waals surface area contributed by atoms with Crippen molar-refractivity contribution in [1.29, 1.82) is 0 Å². The molecule has 0 amide bonds. The first-order chi connectivity index (χ1) is 6.63. The molecule has 2 aromatic heterocycles. The zero-order chi connectivity index (χ0) is 10.3. The molecule has 0 radical (unpaired) electrons. The van der Waals surface area contributed by atoms with E-state index in [0.29, 0.717) is 5.95 Å². The summed E-state index contributed by atoms with van der Waals surface area (Å²) in [6.45, 7) is 1.99. The van der Waals surface area contributed by atoms with Gasteiger partial charge in [0, 0.05) is 7.05 Å². The Balaban J connectivity index is 0.00000112. The fourth-order valence-electron chi connectivity index (χ4n) is 1.69. The van der Waals surface area contributed by atoms with E-state index in [9.17, 15) is 0 Å². The Kier molecular flexibility index (Phi) is 3.48. The SMILES string of the molecule is CNc1nc(C)c2c(n1)[n+](C)cn2C.[I-]. The van der Waals surface area contributed by atoms with Gasteiger partial charge in [0.2, 0.25) is 0 Å². The fourth-order valence-corrected chi connectivity index (χ4v) is 1.69. The van der Waals surface area contributed by atoms with Crippen molar-refractivity contribution in [2.75, 3.05) is 12.4 Å². The molecule has 0 atom stereocenters. The first kappa shape index (κ1) is 12.2. The first-order valence-corrected chi connectivity index (χ1v) is 4.50. The molecule has 1 N–H and O–H groups in total. The molecule has 15 heavy (non-hydrogen) atoms. The molecule has 0 bridgehead atoms. The minimum atomic E-state index is 0. The molecule has 0 aromatic carbocycles. The van der Waals surface area contributed by atoms with Gasteiger partial charge in [-0.3, -0.25) is 4.57 Å². The highest BCUT2D eigenvalue weighted by Gasteiger charge is 2.17. The van der Waals surface area contributed by atoms with Crippen LogP contribution in [0.5, 0.6) is 0 Å². The number of anilines is 1. The Morgan fingerprint density at radius 2 is 2.07 bits per heavy atom. The highest BCUT2D eigenvalue weighted by atomic mass is 127. The Labute approximate surface area is 106 Å². The number of hydrogen-bond acceptors (Lipinski definition) is 3. The predicted octanol–water partition coefficient (Wildman–Crippen LogP) is -2.85. The smallest absolute Gasteiger partial charge is 0.307 e. The molecule has 0 spiro atoms. The van der Waals surface area contributed by atoms with E-state index in [0.717, 1.165) is 16.9 Å². The van der Waals surface area contributed by atoms with Crippen molar-refractivity contribution in [3.8, 4) is 0 Å². The monoisotopic (exact) mass is 319 g/mol. The second kappa shape index (κ2) is 4.30. The standard InChI is InChI=1S/C9H14N5.HI/c1-6-7-8(12-9(10-2)11-6)14(4)5-13(7)3;/h5H,1-4H3,(H,10,11,12);1H/q+1;/p-1. The fraction of sp³-hybridized carbons (Fsp3) is 0.444. The minimum absolute atomic E-state index is 0. The lowest BCUT2D eigenvalue weighted by atomic mass is 10.4. The Hall–Kier alpha value is -0.920. The van der Waals surface area contributed by atoms with E-state index in [2.05, 4.69) is 15.3 Å². The molecular weight excluding hydrogens is 305 g/mol. The van der Waals surface area contributed by atoms with Gasteiger partial charge < -0.3 is 29.3 Å². The van der Waals surface area contributed by atoms with Gasteiger partial charge in [0.15, 0.2) is 11.8 Å². The van der Waals surface area contributed by atoms with Gasteiger partial charge in [-0.2, -0.15) is 4.98 Å². The Morgan fingerprint density at radius 1 is 1.40 bits per heavy atom. The van der Waals surface area contributed by atoms with Crippen LogP contribution < -0.4 is 33.9 Å². The molecule has 5 nitrogen and oxygen atoms in total. The van der Waals surface area contributed by atoms with Crippen molar-refractivity contribution in [2.24, 2.45) is 14.1 Å². The van der Waals surface area contributed by atoms with E-state index in [1.54, 1.807) is 0 Å². The summed E-state index contributed by atoms with van der Waals surface area (Å²) in [6, 6.07) is 0. The quantitative estimate of drug-likeness (QED) is 0.455. The molecule has 6 heteroatoms. The van der Waals surface area contributed by atoms with Crippen LogP contribution in [0.25, 0.3) is 11.2 Å². The molecule has 0 aliphatic carbocycles. The van der Waals surface area contributed by atoms with Crippen molar-refractivity contribution in [2.45, 2.75) is 6.92 Å². The normalized spacial score (nSPS) is 10.1. The van der Waals surface area contributed by atoms with Crippen LogP contribution in [-0.2, 0) is 14.1 Å². The Bertz CT molecular complexity index is 491. The third kappa shape index (κ3) is 1.90. The van der Waals surface area contributed by atoms with Gasteiger partial charge in [0.25, 0.3) is 0 Å². The summed E-state index contributed by atoms with van der Waals surface area (Å²) >= 11 is 0. The van der Waals surface area contributed by atoms with Crippen molar-refractivity contribution in [3.63, 3.8) is 0 Å². The number of rotatable bonds is 1. The summed E-state index contributed by atoms with van der Waals surface area (Å²) < 4.78 is 4.02. The number of nitrogens with zero attached hydrogens (tertiary/aromatic N) is 4. The van der Waals surface area contributed by atoms with Gasteiger partial charge in [-0.15, -0.1) is 0 Å². The van der Waals surface area contributed by atoms with Crippen LogP contribution in [0.2, 0.25) is 0 Å². The maximum absolute atomic E-state index is 4.39. The van der Waals surface area contributed by atoms with Crippen molar-refractivity contribution < 1.29 is 28.5 Å². The van der Waals surface area contributed by atoms with Gasteiger partial charge in [0.1, 0.15) is 0 Å². The lowest BCUT2D eigenvalue weighted by Gasteiger charge is -1.96. The molecule has 82 valence electrons. The first-order valence-electron chi connectivity index (χ1n) is 4.50. The zero-order valence-corrected chi connectivity index (χ0v) is 11.4. The largest absolute Gasteiger partial charge is 1.00 e. The highest BCUT2D eigenvalue weighted by molar-refractivity contribution is 5.71. The van der Waals surface area contributed by atoms with Crippen LogP contribution in [0.3, 0.4) is 0 Å². The van der Waals surface area contributed by atoms with Crippen LogP contribution >= 0.6 is 0 Å². The summed E-state index contributed by atoms with van der Waals surface area (Å²) in [5.74, 6) is 0.664. The number of nitrogens with one attached hydrogen (secondary N) is 1. The van der Waals surface area contributed by atoms with Crippen LogP contribution in [0.15, 0.2) is 6.33 Å². The molecule has 0 aliphatic rings. The molecule has 2 rings (SSSR count). The van der Waals surface area contributed by atoms with E-state index in [4.69, 9.17) is 0 Å². The number of aryl methyl sites for hydroxylation is 3. The summed E-state index contributed by atoms with van der Waals surface area (Å²) in [5.41, 5.74) is 3.01. The van der Waals surface area contributed by atoms with Crippen LogP contribution in [0, 0.1) is 6.92 Å². The van der Waals surface area contributed by atoms with Gasteiger partial charge >= 0.3 is 11.6 Å². The average molecular weight is 319 g/mol. The maximum Gasteiger partial charge on any atom is 0.307 e. The third-order valence-corrected chi connectivity index (χ3v) is 2.30. The molecule has 2 heterocycles. The third-order valence-electron chi connectivity index (χ3n) is 2.30. The lowest BCUT2D eigenvalue weighted by Crippen LogP contribution is -3.00. The molecule has 0 aliphatic heterocycles. The summed E-state index contributed by atoms with van der Waals surface area (Å²) in [7, 11) is 5.80. The van der Waals surface area contributed by atoms with Crippen LogP contribution in [-0.4, -0.2) is 21.6 Å². The van der Waals surface area contributed by atoms with Crippen LogP contribution in [0.4, 0.5) is 5.95 Å². The lowest BCUT2D eigenvalue weighted by molar-refractivity contribution is -0.647. The van der Waals surface area contributed by atoms with E-state index in [1.807, 2.05) is 43.5 Å². The van der Waals surface area contributed by atoms with E-state index in [1.165, 1.54) is 0 Å². The van der Waals surface area contributed by atoms with Crippen molar-refractivity contribution in [1.82, 2.24) is 14.5 Å². The second-order valence-corrected chi connectivity index (χ2v) is 3.39. The number of fused-ring (bicyclic) bond motifs is 1. The second-order valence-electron chi connectivity index (χ2n) is 3.39. The topological polar surface area (TPSA) is 46.6 Å². The zero-order valence-electron chi connectivity index (χ0n) is 9.24. The van der Waals surface area contributed by atoms with Crippen LogP contribution in [0.1, 0.15) is 5.69 Å². The molecule has 0 unspecified atom stereocenters. The average Bonchev–Trinajstić information content (AvgIpc) is 2.42. The molecule has 0 fully saturated rings. The highest BCUT2D eigenvalue weighted by Crippen LogP contribution is 2.12. The Morgan fingerprint density at radius 3 is 2.67 bits per heavy atom. The minimum Gasteiger partial charge on any atom is -1.00 e. The van der Waals surface area contributed by atoms with Crippen molar-refractivity contribution in [3.05, 3.63) is 12.0 Å². The molecule has 0 saturated carbocycles. The van der Waals surface area contributed by atoms with Gasteiger partial charge in [0.05, 0.1) is 19.8 Å². The summed E-state index contributed by atoms with van der Waals surface area (Å²) in [4.78, 5) is 8.73. The van der Waals surface area contributed by atoms with Gasteiger partial charge in [-0.1, -0.05) is 4.98 Å². The van der Waals surface area contributed by atoms with E-state index < -0.39 is 0 Å². The number of halogens is 1. The molecular formula is C9H14IN5.